The Morgan fingerprint density at radius 3 is 2.15 bits per heavy atom. The van der Waals surface area contributed by atoms with Gasteiger partial charge in [0.2, 0.25) is 5.91 Å². The molecule has 152 valence electrons. The number of benzene rings is 1. The van der Waals surface area contributed by atoms with E-state index in [0.717, 1.165) is 58.0 Å². The highest BCUT2D eigenvalue weighted by molar-refractivity contribution is 5.85. The molecule has 0 radical (unpaired) electrons. The van der Waals surface area contributed by atoms with E-state index in [1.54, 1.807) is 0 Å². The van der Waals surface area contributed by atoms with Gasteiger partial charge in [-0.2, -0.15) is 0 Å². The summed E-state index contributed by atoms with van der Waals surface area (Å²) in [7, 11) is 0. The van der Waals surface area contributed by atoms with E-state index in [9.17, 15) is 9.18 Å². The van der Waals surface area contributed by atoms with Crippen LogP contribution in [0.5, 0.6) is 0 Å². The zero-order valence-corrected chi connectivity index (χ0v) is 17.3. The summed E-state index contributed by atoms with van der Waals surface area (Å²) in [5.74, 6) is 1.37. The maximum Gasteiger partial charge on any atom is 0.239 e. The maximum absolute atomic E-state index is 13.1. The predicted molar refractivity (Wildman–Crippen MR) is 111 cm³/mol. The molecular weight excluding hydrogens is 390 g/mol. The van der Waals surface area contributed by atoms with Crippen LogP contribution in [0.1, 0.15) is 6.92 Å². The molecule has 0 saturated carbocycles. The Morgan fingerprint density at radius 2 is 1.59 bits per heavy atom. The fraction of sp³-hybridized carbons (Fsp3) is 0.632. The third kappa shape index (κ3) is 4.67. The maximum atomic E-state index is 13.1. The SMILES string of the molecule is CC(C(=O)N1C[C@H]2CNC[C@H]2C1)N1CCN(c2ccc(F)cc2)CC1.Cl.Cl. The van der Waals surface area contributed by atoms with Crippen molar-refractivity contribution in [1.82, 2.24) is 15.1 Å². The van der Waals surface area contributed by atoms with Crippen LogP contribution in [0, 0.1) is 17.7 Å². The molecule has 8 heteroatoms. The van der Waals surface area contributed by atoms with Crippen LogP contribution < -0.4 is 10.2 Å². The number of likely N-dealkylation sites (tertiary alicyclic amines) is 1. The Hall–Kier alpha value is -1.08. The summed E-state index contributed by atoms with van der Waals surface area (Å²) in [6.45, 7) is 9.46. The molecular formula is C19H29Cl2FN4O. The van der Waals surface area contributed by atoms with Crippen LogP contribution in [-0.2, 0) is 4.79 Å². The van der Waals surface area contributed by atoms with Crippen LogP contribution in [0.2, 0.25) is 0 Å². The average molecular weight is 419 g/mol. The van der Waals surface area contributed by atoms with E-state index in [1.807, 2.05) is 19.1 Å². The number of piperazine rings is 1. The minimum atomic E-state index is -0.202. The highest BCUT2D eigenvalue weighted by Gasteiger charge is 2.40. The molecule has 3 saturated heterocycles. The number of hydrogen-bond acceptors (Lipinski definition) is 4. The van der Waals surface area contributed by atoms with Crippen molar-refractivity contribution in [3.63, 3.8) is 0 Å². The van der Waals surface area contributed by atoms with Gasteiger partial charge in [0.05, 0.1) is 6.04 Å². The van der Waals surface area contributed by atoms with E-state index in [1.165, 1.54) is 12.1 Å². The highest BCUT2D eigenvalue weighted by atomic mass is 35.5. The zero-order valence-electron chi connectivity index (χ0n) is 15.6. The van der Waals surface area contributed by atoms with Gasteiger partial charge in [-0.15, -0.1) is 24.8 Å². The molecule has 1 unspecified atom stereocenters. The second-order valence-electron chi connectivity index (χ2n) is 7.60. The lowest BCUT2D eigenvalue weighted by Gasteiger charge is -2.39. The molecule has 3 atom stereocenters. The molecule has 3 heterocycles. The molecule has 1 N–H and O–H groups in total. The molecule has 3 aliphatic heterocycles. The summed E-state index contributed by atoms with van der Waals surface area (Å²) in [5, 5.41) is 3.42. The van der Waals surface area contributed by atoms with Gasteiger partial charge in [-0.1, -0.05) is 0 Å². The van der Waals surface area contributed by atoms with Gasteiger partial charge in [0.1, 0.15) is 5.82 Å². The number of hydrogen-bond donors (Lipinski definition) is 1. The molecule has 0 aliphatic carbocycles. The lowest BCUT2D eigenvalue weighted by molar-refractivity contribution is -0.135. The van der Waals surface area contributed by atoms with E-state index < -0.39 is 0 Å². The first-order chi connectivity index (χ1) is 12.1. The number of nitrogens with one attached hydrogen (secondary N) is 1. The fourth-order valence-electron chi connectivity index (χ4n) is 4.48. The van der Waals surface area contributed by atoms with Gasteiger partial charge >= 0.3 is 0 Å². The van der Waals surface area contributed by atoms with Crippen molar-refractivity contribution in [3.8, 4) is 0 Å². The Morgan fingerprint density at radius 1 is 1.04 bits per heavy atom. The van der Waals surface area contributed by atoms with Crippen LogP contribution in [0.15, 0.2) is 24.3 Å². The van der Waals surface area contributed by atoms with Crippen LogP contribution in [0.3, 0.4) is 0 Å². The number of rotatable bonds is 3. The van der Waals surface area contributed by atoms with Crippen LogP contribution in [-0.4, -0.2) is 74.1 Å². The number of amides is 1. The molecule has 0 spiro atoms. The molecule has 1 amide bonds. The van der Waals surface area contributed by atoms with Gasteiger partial charge in [0.15, 0.2) is 0 Å². The zero-order chi connectivity index (χ0) is 17.4. The first-order valence-electron chi connectivity index (χ1n) is 9.36. The second-order valence-corrected chi connectivity index (χ2v) is 7.60. The summed E-state index contributed by atoms with van der Waals surface area (Å²) < 4.78 is 13.1. The Kier molecular flexibility index (Phi) is 7.74. The van der Waals surface area contributed by atoms with Gasteiger partial charge < -0.3 is 15.1 Å². The normalized spacial score (nSPS) is 26.1. The van der Waals surface area contributed by atoms with Gasteiger partial charge in [0, 0.05) is 58.0 Å². The largest absolute Gasteiger partial charge is 0.369 e. The molecule has 0 bridgehead atoms. The average Bonchev–Trinajstić information content (AvgIpc) is 3.23. The van der Waals surface area contributed by atoms with E-state index in [4.69, 9.17) is 0 Å². The lowest BCUT2D eigenvalue weighted by Crippen LogP contribution is -2.54. The molecule has 5 nitrogen and oxygen atoms in total. The van der Waals surface area contributed by atoms with Crippen molar-refractivity contribution < 1.29 is 9.18 Å². The Balaban J connectivity index is 0.00000131. The van der Waals surface area contributed by atoms with E-state index >= 15 is 0 Å². The van der Waals surface area contributed by atoms with Crippen molar-refractivity contribution in [2.24, 2.45) is 11.8 Å². The Bertz CT molecular complexity index is 613. The number of fused-ring (bicyclic) bond motifs is 1. The van der Waals surface area contributed by atoms with Crippen LogP contribution >= 0.6 is 24.8 Å². The summed E-state index contributed by atoms with van der Waals surface area (Å²) in [4.78, 5) is 19.5. The number of anilines is 1. The van der Waals surface area contributed by atoms with Crippen molar-refractivity contribution in [3.05, 3.63) is 30.1 Å². The quantitative estimate of drug-likeness (QED) is 0.812. The lowest BCUT2D eigenvalue weighted by atomic mass is 10.0. The van der Waals surface area contributed by atoms with Crippen molar-refractivity contribution in [2.45, 2.75) is 13.0 Å². The second kappa shape index (κ2) is 9.41. The summed E-state index contributed by atoms with van der Waals surface area (Å²) in [6.07, 6.45) is 0. The summed E-state index contributed by atoms with van der Waals surface area (Å²) in [6, 6.07) is 6.62. The minimum absolute atomic E-state index is 0. The van der Waals surface area contributed by atoms with Gasteiger partial charge in [-0.25, -0.2) is 4.39 Å². The van der Waals surface area contributed by atoms with E-state index in [2.05, 4.69) is 20.0 Å². The standard InChI is InChI=1S/C19H27FN4O.2ClH/c1-14(19(25)24-12-15-10-21-11-16(15)13-24)22-6-8-23(9-7-22)18-4-2-17(20)3-5-18;;/h2-5,14-16,21H,6-13H2,1H3;2*1H/t14?,15-,16+;;. The van der Waals surface area contributed by atoms with Gasteiger partial charge in [-0.05, 0) is 43.0 Å². The highest BCUT2D eigenvalue weighted by Crippen LogP contribution is 2.27. The van der Waals surface area contributed by atoms with Crippen LogP contribution in [0.25, 0.3) is 0 Å². The van der Waals surface area contributed by atoms with Crippen molar-refractivity contribution in [1.29, 1.82) is 0 Å². The number of halogens is 3. The molecule has 0 aromatic heterocycles. The minimum Gasteiger partial charge on any atom is -0.369 e. The van der Waals surface area contributed by atoms with Crippen molar-refractivity contribution in [2.75, 3.05) is 57.3 Å². The topological polar surface area (TPSA) is 38.8 Å². The third-order valence-electron chi connectivity index (χ3n) is 6.11. The Labute approximate surface area is 173 Å². The molecule has 3 fully saturated rings. The van der Waals surface area contributed by atoms with E-state index in [0.29, 0.717) is 11.8 Å². The third-order valence-corrected chi connectivity index (χ3v) is 6.11. The molecule has 27 heavy (non-hydrogen) atoms. The smallest absolute Gasteiger partial charge is 0.239 e. The monoisotopic (exact) mass is 418 g/mol. The molecule has 3 aliphatic rings. The summed E-state index contributed by atoms with van der Waals surface area (Å²) >= 11 is 0. The molecule has 4 rings (SSSR count). The fourth-order valence-corrected chi connectivity index (χ4v) is 4.48. The number of carbonyl (C=O) groups excluding carboxylic acids is 1. The number of carbonyl (C=O) groups is 1. The summed E-state index contributed by atoms with van der Waals surface area (Å²) in [5.41, 5.74) is 1.06. The van der Waals surface area contributed by atoms with Crippen molar-refractivity contribution >= 4 is 36.4 Å². The van der Waals surface area contributed by atoms with Gasteiger partial charge in [0.25, 0.3) is 0 Å². The first kappa shape index (κ1) is 22.2. The predicted octanol–water partition coefficient (Wildman–Crippen LogP) is 1.86. The molecule has 1 aromatic carbocycles. The van der Waals surface area contributed by atoms with E-state index in [-0.39, 0.29) is 42.6 Å². The first-order valence-corrected chi connectivity index (χ1v) is 9.36. The van der Waals surface area contributed by atoms with Crippen LogP contribution in [0.4, 0.5) is 10.1 Å². The number of nitrogens with zero attached hydrogens (tertiary/aromatic N) is 3. The van der Waals surface area contributed by atoms with Gasteiger partial charge in [-0.3, -0.25) is 9.69 Å². The molecule has 1 aromatic rings.